The second-order valence-electron chi connectivity index (χ2n) is 9.47. The molecule has 2 amide bonds. The van der Waals surface area contributed by atoms with Crippen molar-refractivity contribution < 1.29 is 46.1 Å². The molecule has 3 unspecified atom stereocenters. The number of carboxylic acid groups (broad SMARTS) is 1. The fraction of sp³-hybridized carbons (Fsp3) is 0.462. The van der Waals surface area contributed by atoms with Crippen molar-refractivity contribution in [2.45, 2.75) is 49.4 Å². The highest BCUT2D eigenvalue weighted by Gasteiger charge is 2.50. The third-order valence-corrected chi connectivity index (χ3v) is 7.24. The molecule has 2 aliphatic rings. The number of nitrogens with zero attached hydrogens (tertiary/aromatic N) is 1. The molecule has 39 heavy (non-hydrogen) atoms. The van der Waals surface area contributed by atoms with Crippen LogP contribution in [0, 0.1) is 11.6 Å². The van der Waals surface area contributed by atoms with Crippen molar-refractivity contribution >= 4 is 17.7 Å². The number of ether oxygens (including phenoxy) is 2. The molecule has 0 bridgehead atoms. The molecule has 13 heteroatoms. The summed E-state index contributed by atoms with van der Waals surface area (Å²) in [5.74, 6) is -3.27. The number of methoxy groups -OCH3 is 2. The molecule has 0 radical (unpaired) electrons. The van der Waals surface area contributed by atoms with Crippen molar-refractivity contribution in [1.82, 2.24) is 10.2 Å². The fourth-order valence-corrected chi connectivity index (χ4v) is 5.32. The number of benzene rings is 2. The molecular formula is C26H30F5N3O5. The zero-order valence-corrected chi connectivity index (χ0v) is 21.6. The Bertz CT molecular complexity index is 1200. The van der Waals surface area contributed by atoms with E-state index in [2.05, 4.69) is 34.7 Å². The molecule has 1 aliphatic heterocycles. The van der Waals surface area contributed by atoms with Gasteiger partial charge in [-0.3, -0.25) is 0 Å². The molecule has 2 aromatic carbocycles. The Morgan fingerprint density at radius 3 is 2.28 bits per heavy atom. The fourth-order valence-electron chi connectivity index (χ4n) is 5.32. The molecule has 3 N–H and O–H groups in total. The number of nitrogens with one attached hydrogen (secondary N) is 2. The summed E-state index contributed by atoms with van der Waals surface area (Å²) in [6.07, 6.45) is -1.50. The summed E-state index contributed by atoms with van der Waals surface area (Å²) >= 11 is 0. The van der Waals surface area contributed by atoms with E-state index in [0.717, 1.165) is 50.1 Å². The second-order valence-corrected chi connectivity index (χ2v) is 9.47. The molecular weight excluding hydrogens is 529 g/mol. The Balaban J connectivity index is 0.000000532. The minimum atomic E-state index is -5.08. The number of hydrogen-bond acceptors (Lipinski definition) is 5. The summed E-state index contributed by atoms with van der Waals surface area (Å²) in [6, 6.07) is 9.30. The van der Waals surface area contributed by atoms with Crippen molar-refractivity contribution in [3.05, 3.63) is 53.6 Å². The molecule has 4 rings (SSSR count). The topological polar surface area (TPSA) is 100 Å². The quantitative estimate of drug-likeness (QED) is 0.450. The monoisotopic (exact) mass is 559 g/mol. The zero-order chi connectivity index (χ0) is 29.0. The van der Waals surface area contributed by atoms with Gasteiger partial charge in [0.15, 0.2) is 23.1 Å². The van der Waals surface area contributed by atoms with Crippen LogP contribution in [0.3, 0.4) is 0 Å². The van der Waals surface area contributed by atoms with Gasteiger partial charge in [-0.25, -0.2) is 18.4 Å². The van der Waals surface area contributed by atoms with Crippen molar-refractivity contribution in [2.75, 3.05) is 33.1 Å². The molecule has 2 aromatic rings. The third-order valence-electron chi connectivity index (χ3n) is 7.24. The van der Waals surface area contributed by atoms with E-state index >= 15 is 0 Å². The van der Waals surface area contributed by atoms with Gasteiger partial charge in [0, 0.05) is 29.3 Å². The van der Waals surface area contributed by atoms with Crippen LogP contribution in [0.15, 0.2) is 36.4 Å². The van der Waals surface area contributed by atoms with Gasteiger partial charge in [-0.2, -0.15) is 13.2 Å². The number of carbonyl (C=O) groups is 2. The van der Waals surface area contributed by atoms with Crippen LogP contribution >= 0.6 is 0 Å². The number of amides is 2. The van der Waals surface area contributed by atoms with E-state index < -0.39 is 29.8 Å². The molecule has 214 valence electrons. The number of carbonyl (C=O) groups excluding carboxylic acids is 1. The number of hydrogen-bond donors (Lipinski definition) is 3. The average Bonchev–Trinajstić information content (AvgIpc) is 3.22. The van der Waals surface area contributed by atoms with Crippen LogP contribution < -0.4 is 20.1 Å². The van der Waals surface area contributed by atoms with Gasteiger partial charge in [0.1, 0.15) is 0 Å². The van der Waals surface area contributed by atoms with E-state index in [-0.39, 0.29) is 23.2 Å². The van der Waals surface area contributed by atoms with Crippen molar-refractivity contribution in [2.24, 2.45) is 0 Å². The first-order chi connectivity index (χ1) is 18.3. The zero-order valence-electron chi connectivity index (χ0n) is 21.6. The van der Waals surface area contributed by atoms with E-state index in [4.69, 9.17) is 19.4 Å². The Morgan fingerprint density at radius 2 is 1.69 bits per heavy atom. The highest BCUT2D eigenvalue weighted by molar-refractivity contribution is 5.89. The number of likely N-dealkylation sites (N-methyl/N-ethyl adjacent to an activating group) is 1. The average molecular weight is 560 g/mol. The van der Waals surface area contributed by atoms with E-state index in [0.29, 0.717) is 5.75 Å². The Hall–Kier alpha value is -3.61. The van der Waals surface area contributed by atoms with Gasteiger partial charge in [0.25, 0.3) is 0 Å². The lowest BCUT2D eigenvalue weighted by Gasteiger charge is -2.45. The van der Waals surface area contributed by atoms with Crippen LogP contribution in [-0.2, 0) is 10.2 Å². The standard InChI is InChI=1S/C24H29F2N3O3.C2HF3O2/c1-29-11-10-24(15-4-7-20(31-2)21(12-15)32-3)9-8-17(14-22(24)29)28-23(30)27-16-5-6-18(25)19(26)13-16;3-2(4,5)1(6)7/h4-7,12-13,17,22H,8-11,14H2,1-3H3,(H2,27,28,30);(H,6,7). The number of rotatable bonds is 5. The Kier molecular flexibility index (Phi) is 9.26. The van der Waals surface area contributed by atoms with Crippen LogP contribution in [-0.4, -0.2) is 68.1 Å². The Morgan fingerprint density at radius 1 is 1.03 bits per heavy atom. The number of fused-ring (bicyclic) bond motifs is 1. The maximum Gasteiger partial charge on any atom is 0.490 e. The number of carboxylic acids is 1. The summed E-state index contributed by atoms with van der Waals surface area (Å²) in [5, 5.41) is 12.7. The smallest absolute Gasteiger partial charge is 0.490 e. The normalized spacial score (nSPS) is 22.7. The molecule has 1 aliphatic carbocycles. The predicted molar refractivity (Wildman–Crippen MR) is 132 cm³/mol. The third kappa shape index (κ3) is 6.88. The van der Waals surface area contributed by atoms with Crippen LogP contribution in [0.2, 0.25) is 0 Å². The minimum Gasteiger partial charge on any atom is -0.493 e. The number of anilines is 1. The van der Waals surface area contributed by atoms with Crippen LogP contribution in [0.25, 0.3) is 0 Å². The summed E-state index contributed by atoms with van der Waals surface area (Å²) in [5.41, 5.74) is 1.44. The van der Waals surface area contributed by atoms with E-state index in [1.807, 2.05) is 6.07 Å². The van der Waals surface area contributed by atoms with Crippen molar-refractivity contribution in [3.8, 4) is 11.5 Å². The summed E-state index contributed by atoms with van der Waals surface area (Å²) in [7, 11) is 5.39. The second kappa shape index (κ2) is 12.1. The first kappa shape index (κ1) is 29.9. The molecule has 2 fully saturated rings. The van der Waals surface area contributed by atoms with Crippen LogP contribution in [0.1, 0.15) is 31.2 Å². The lowest BCUT2D eigenvalue weighted by atomic mass is 9.65. The van der Waals surface area contributed by atoms with Gasteiger partial charge in [-0.15, -0.1) is 0 Å². The summed E-state index contributed by atoms with van der Waals surface area (Å²) < 4.78 is 69.2. The lowest BCUT2D eigenvalue weighted by molar-refractivity contribution is -0.192. The largest absolute Gasteiger partial charge is 0.493 e. The summed E-state index contributed by atoms with van der Waals surface area (Å²) in [4.78, 5) is 23.7. The lowest BCUT2D eigenvalue weighted by Crippen LogP contribution is -2.52. The van der Waals surface area contributed by atoms with Gasteiger partial charge in [0.2, 0.25) is 0 Å². The van der Waals surface area contributed by atoms with Crippen molar-refractivity contribution in [1.29, 1.82) is 0 Å². The number of likely N-dealkylation sites (tertiary alicyclic amines) is 1. The molecule has 0 aromatic heterocycles. The highest BCUT2D eigenvalue weighted by atomic mass is 19.4. The molecule has 1 saturated carbocycles. The van der Waals surface area contributed by atoms with Crippen LogP contribution in [0.5, 0.6) is 11.5 Å². The number of urea groups is 1. The van der Waals surface area contributed by atoms with Gasteiger partial charge in [-0.05, 0) is 69.1 Å². The van der Waals surface area contributed by atoms with Gasteiger partial charge in [-0.1, -0.05) is 6.07 Å². The molecule has 1 saturated heterocycles. The molecule has 0 spiro atoms. The van der Waals surface area contributed by atoms with Crippen molar-refractivity contribution in [3.63, 3.8) is 0 Å². The first-order valence-electron chi connectivity index (χ1n) is 12.1. The van der Waals surface area contributed by atoms with Crippen LogP contribution in [0.4, 0.5) is 32.4 Å². The van der Waals surface area contributed by atoms with E-state index in [1.165, 1.54) is 11.6 Å². The maximum atomic E-state index is 13.4. The Labute approximate surface area is 222 Å². The highest BCUT2D eigenvalue weighted by Crippen LogP contribution is 2.49. The number of halogens is 5. The van der Waals surface area contributed by atoms with Gasteiger partial charge in [0.05, 0.1) is 14.2 Å². The van der Waals surface area contributed by atoms with E-state index in [9.17, 15) is 26.7 Å². The van der Waals surface area contributed by atoms with Gasteiger partial charge < -0.3 is 30.1 Å². The molecule has 8 nitrogen and oxygen atoms in total. The minimum absolute atomic E-state index is 0.0109. The predicted octanol–water partition coefficient (Wildman–Crippen LogP) is 4.93. The maximum absolute atomic E-state index is 13.4. The number of alkyl halides is 3. The van der Waals surface area contributed by atoms with Gasteiger partial charge >= 0.3 is 18.2 Å². The SMILES string of the molecule is COc1ccc(C23CCC(NC(=O)Nc4ccc(F)c(F)c4)CC2N(C)CC3)cc1OC.O=C(O)C(F)(F)F. The summed E-state index contributed by atoms with van der Waals surface area (Å²) in [6.45, 7) is 0.979. The number of aliphatic carboxylic acids is 1. The first-order valence-corrected chi connectivity index (χ1v) is 12.1. The molecule has 1 heterocycles. The molecule has 3 atom stereocenters. The van der Waals surface area contributed by atoms with E-state index in [1.54, 1.807) is 14.2 Å².